The molecule has 1 aromatic heterocycles. The van der Waals surface area contributed by atoms with Crippen LogP contribution in [0.15, 0.2) is 29.3 Å². The van der Waals surface area contributed by atoms with Crippen LogP contribution in [0, 0.1) is 5.92 Å². The second-order valence-corrected chi connectivity index (χ2v) is 7.62. The molecule has 25 heavy (non-hydrogen) atoms. The molecular weight excluding hydrogens is 338 g/mol. The van der Waals surface area contributed by atoms with Crippen molar-refractivity contribution in [1.82, 2.24) is 5.32 Å². The van der Waals surface area contributed by atoms with E-state index in [2.05, 4.69) is 11.4 Å². The van der Waals surface area contributed by atoms with Gasteiger partial charge >= 0.3 is 0 Å². The summed E-state index contributed by atoms with van der Waals surface area (Å²) in [6.45, 7) is 2.60. The number of rotatable bonds is 8. The lowest BCUT2D eigenvalue weighted by molar-refractivity contribution is -0.166. The summed E-state index contributed by atoms with van der Waals surface area (Å²) >= 11 is 1.68. The minimum atomic E-state index is -0.462. The molecule has 5 nitrogen and oxygen atoms in total. The minimum Gasteiger partial charge on any atom is -0.459 e. The van der Waals surface area contributed by atoms with Gasteiger partial charge in [-0.15, -0.1) is 11.3 Å². The number of aliphatic hydroxyl groups excluding tert-OH is 1. The molecule has 1 amide bonds. The largest absolute Gasteiger partial charge is 0.459 e. The number of ether oxygens (including phenoxy) is 2. The van der Waals surface area contributed by atoms with Crippen LogP contribution in [0.3, 0.4) is 0 Å². The molecule has 0 radical (unpaired) electrons. The van der Waals surface area contributed by atoms with E-state index < -0.39 is 6.29 Å². The summed E-state index contributed by atoms with van der Waals surface area (Å²) in [5, 5.41) is 14.3. The molecule has 0 saturated heterocycles. The van der Waals surface area contributed by atoms with E-state index in [1.54, 1.807) is 11.3 Å². The summed E-state index contributed by atoms with van der Waals surface area (Å²) in [6.07, 6.45) is 6.22. The number of thiophene rings is 1. The third kappa shape index (κ3) is 4.43. The molecule has 0 spiro atoms. The Morgan fingerprint density at radius 1 is 1.48 bits per heavy atom. The topological polar surface area (TPSA) is 67.8 Å². The Bertz CT molecular complexity index is 582. The van der Waals surface area contributed by atoms with Gasteiger partial charge in [0.2, 0.25) is 6.29 Å². The molecule has 0 aromatic carbocycles. The van der Waals surface area contributed by atoms with E-state index in [0.717, 1.165) is 19.3 Å². The lowest BCUT2D eigenvalue weighted by atomic mass is 9.84. The first-order valence-corrected chi connectivity index (χ1v) is 10.1. The first kappa shape index (κ1) is 18.4. The minimum absolute atomic E-state index is 0.0685. The molecule has 1 aromatic rings. The highest BCUT2D eigenvalue weighted by Gasteiger charge is 2.38. The third-order valence-electron chi connectivity index (χ3n) is 4.95. The van der Waals surface area contributed by atoms with E-state index in [1.807, 2.05) is 24.4 Å². The molecule has 1 fully saturated rings. The number of hydrogen-bond acceptors (Lipinski definition) is 5. The van der Waals surface area contributed by atoms with Gasteiger partial charge in [0.05, 0.1) is 0 Å². The van der Waals surface area contributed by atoms with E-state index in [4.69, 9.17) is 9.47 Å². The molecule has 1 aliphatic carbocycles. The van der Waals surface area contributed by atoms with E-state index in [0.29, 0.717) is 18.8 Å². The summed E-state index contributed by atoms with van der Waals surface area (Å²) in [6, 6.07) is 4.39. The Kier molecular flexibility index (Phi) is 6.51. The molecule has 0 unspecified atom stereocenters. The van der Waals surface area contributed by atoms with Crippen molar-refractivity contribution in [3.63, 3.8) is 0 Å². The van der Waals surface area contributed by atoms with Crippen molar-refractivity contribution in [3.8, 4) is 0 Å². The molecule has 6 heteroatoms. The van der Waals surface area contributed by atoms with E-state index in [1.165, 1.54) is 11.3 Å². The van der Waals surface area contributed by atoms with Gasteiger partial charge in [0.15, 0.2) is 5.76 Å². The van der Waals surface area contributed by atoms with Crippen LogP contribution < -0.4 is 5.32 Å². The zero-order valence-electron chi connectivity index (χ0n) is 14.6. The Balaban J connectivity index is 1.83. The molecule has 3 atom stereocenters. The van der Waals surface area contributed by atoms with E-state index in [9.17, 15) is 9.90 Å². The standard InChI is InChI=1S/C19H27NO4S/c1-2-23-19-14(8-4-10-21)15(17-9-5-11-25-17)12-16(24-19)18(22)20-13-6-3-7-13/h5,9,11-15,19,21H,2-4,6-8,10H2,1H3,(H,20,22)/t14-,15-,19+/m0/s1. The van der Waals surface area contributed by atoms with Crippen LogP contribution in [-0.4, -0.2) is 36.6 Å². The lowest BCUT2D eigenvalue weighted by Gasteiger charge is -2.37. The molecule has 2 N–H and O–H groups in total. The summed E-state index contributed by atoms with van der Waals surface area (Å²) < 4.78 is 11.8. The molecule has 2 heterocycles. The van der Waals surface area contributed by atoms with Gasteiger partial charge in [0.25, 0.3) is 5.91 Å². The second kappa shape index (κ2) is 8.83. The number of carbonyl (C=O) groups is 1. The van der Waals surface area contributed by atoms with Crippen molar-refractivity contribution in [2.24, 2.45) is 5.92 Å². The fourth-order valence-corrected chi connectivity index (χ4v) is 4.26. The second-order valence-electron chi connectivity index (χ2n) is 6.64. The average Bonchev–Trinajstić information content (AvgIpc) is 3.11. The molecule has 1 saturated carbocycles. The smallest absolute Gasteiger partial charge is 0.286 e. The summed E-state index contributed by atoms with van der Waals surface area (Å²) in [5.74, 6) is 0.380. The summed E-state index contributed by atoms with van der Waals surface area (Å²) in [7, 11) is 0. The van der Waals surface area contributed by atoms with Crippen molar-refractivity contribution >= 4 is 17.2 Å². The van der Waals surface area contributed by atoms with Crippen LogP contribution in [0.25, 0.3) is 0 Å². The molecule has 2 aliphatic rings. The summed E-state index contributed by atoms with van der Waals surface area (Å²) in [4.78, 5) is 13.8. The van der Waals surface area contributed by atoms with Crippen molar-refractivity contribution in [2.45, 2.75) is 57.3 Å². The van der Waals surface area contributed by atoms with Crippen molar-refractivity contribution in [2.75, 3.05) is 13.2 Å². The van der Waals surface area contributed by atoms with Crippen LogP contribution >= 0.6 is 11.3 Å². The summed E-state index contributed by atoms with van der Waals surface area (Å²) in [5.41, 5.74) is 0. The Labute approximate surface area is 153 Å². The first-order valence-electron chi connectivity index (χ1n) is 9.18. The molecular formula is C19H27NO4S. The zero-order valence-corrected chi connectivity index (χ0v) is 15.5. The normalized spacial score (nSPS) is 26.5. The Hall–Kier alpha value is -1.37. The zero-order chi connectivity index (χ0) is 17.6. The molecule has 138 valence electrons. The van der Waals surface area contributed by atoms with Crippen molar-refractivity contribution < 1.29 is 19.4 Å². The quantitative estimate of drug-likeness (QED) is 0.742. The van der Waals surface area contributed by atoms with Gasteiger partial charge in [0.1, 0.15) is 0 Å². The number of aliphatic hydroxyl groups is 1. The van der Waals surface area contributed by atoms with Crippen LogP contribution in [-0.2, 0) is 14.3 Å². The number of amides is 1. The van der Waals surface area contributed by atoms with Crippen LogP contribution in [0.4, 0.5) is 0 Å². The van der Waals surface area contributed by atoms with Gasteiger partial charge < -0.3 is 19.9 Å². The predicted molar refractivity (Wildman–Crippen MR) is 97.2 cm³/mol. The van der Waals surface area contributed by atoms with Crippen molar-refractivity contribution in [3.05, 3.63) is 34.2 Å². The highest BCUT2D eigenvalue weighted by molar-refractivity contribution is 7.10. The van der Waals surface area contributed by atoms with E-state index in [-0.39, 0.29) is 30.4 Å². The fourth-order valence-electron chi connectivity index (χ4n) is 3.38. The van der Waals surface area contributed by atoms with Crippen LogP contribution in [0.5, 0.6) is 0 Å². The van der Waals surface area contributed by atoms with Crippen molar-refractivity contribution in [1.29, 1.82) is 0 Å². The number of carbonyl (C=O) groups excluding carboxylic acids is 1. The molecule has 0 bridgehead atoms. The van der Waals surface area contributed by atoms with E-state index >= 15 is 0 Å². The molecule has 3 rings (SSSR count). The fraction of sp³-hybridized carbons (Fsp3) is 0.632. The van der Waals surface area contributed by atoms with Gasteiger partial charge in [-0.1, -0.05) is 6.07 Å². The van der Waals surface area contributed by atoms with Crippen LogP contribution in [0.1, 0.15) is 49.8 Å². The number of nitrogens with one attached hydrogen (secondary N) is 1. The van der Waals surface area contributed by atoms with Gasteiger partial charge in [-0.25, -0.2) is 0 Å². The highest BCUT2D eigenvalue weighted by Crippen LogP contribution is 2.41. The monoisotopic (exact) mass is 365 g/mol. The maximum Gasteiger partial charge on any atom is 0.286 e. The lowest BCUT2D eigenvalue weighted by Crippen LogP contribution is -2.43. The van der Waals surface area contributed by atoms with Gasteiger partial charge in [-0.05, 0) is 56.6 Å². The average molecular weight is 365 g/mol. The predicted octanol–water partition coefficient (Wildman–Crippen LogP) is 3.17. The number of allylic oxidation sites excluding steroid dienone is 1. The van der Waals surface area contributed by atoms with Crippen LogP contribution in [0.2, 0.25) is 0 Å². The maximum absolute atomic E-state index is 12.6. The Morgan fingerprint density at radius 2 is 2.32 bits per heavy atom. The third-order valence-corrected chi connectivity index (χ3v) is 5.92. The Morgan fingerprint density at radius 3 is 2.92 bits per heavy atom. The maximum atomic E-state index is 12.6. The van der Waals surface area contributed by atoms with Gasteiger partial charge in [0, 0.05) is 36.0 Å². The van der Waals surface area contributed by atoms with Gasteiger partial charge in [-0.3, -0.25) is 4.79 Å². The molecule has 1 aliphatic heterocycles. The highest BCUT2D eigenvalue weighted by atomic mass is 32.1. The SMILES string of the molecule is CCO[C@@H]1OC(C(=O)NC2CCC2)=C[C@H](c2cccs2)[C@@H]1CCCO. The van der Waals surface area contributed by atoms with Gasteiger partial charge in [-0.2, -0.15) is 0 Å². The number of hydrogen-bond donors (Lipinski definition) is 2. The first-order chi connectivity index (χ1) is 12.2.